The van der Waals surface area contributed by atoms with E-state index in [9.17, 15) is 13.2 Å². The van der Waals surface area contributed by atoms with Crippen LogP contribution in [0.1, 0.15) is 12.5 Å². The number of hydrogen-bond acceptors (Lipinski definition) is 5. The Morgan fingerprint density at radius 1 is 1.07 bits per heavy atom. The van der Waals surface area contributed by atoms with Gasteiger partial charge in [-0.05, 0) is 42.8 Å². The maximum Gasteiger partial charge on any atom is 0.243 e. The zero-order valence-electron chi connectivity index (χ0n) is 15.9. The Morgan fingerprint density at radius 2 is 1.74 bits per heavy atom. The number of benzene rings is 2. The standard InChI is InChI=1S/C19H24N2O5S/c1-5-21(13-19(22)20-16-8-6-7-9-18(16)26-4)27(23,24)15-10-11-17(25-3)14(2)12-15/h6-12H,5,13H2,1-4H3,(H,20,22). The van der Waals surface area contributed by atoms with Gasteiger partial charge in [0.1, 0.15) is 11.5 Å². The van der Waals surface area contributed by atoms with Gasteiger partial charge in [0.05, 0.1) is 31.3 Å². The predicted octanol–water partition coefficient (Wildman–Crippen LogP) is 2.66. The van der Waals surface area contributed by atoms with Crippen LogP contribution in [0.2, 0.25) is 0 Å². The molecule has 0 atom stereocenters. The minimum absolute atomic E-state index is 0.118. The molecule has 27 heavy (non-hydrogen) atoms. The second-order valence-corrected chi connectivity index (χ2v) is 7.75. The Morgan fingerprint density at radius 3 is 2.33 bits per heavy atom. The lowest BCUT2D eigenvalue weighted by Crippen LogP contribution is -2.37. The van der Waals surface area contributed by atoms with Gasteiger partial charge in [-0.2, -0.15) is 4.31 Å². The number of sulfonamides is 1. The summed E-state index contributed by atoms with van der Waals surface area (Å²) in [6.07, 6.45) is 0. The van der Waals surface area contributed by atoms with Crippen LogP contribution in [0.5, 0.6) is 11.5 Å². The first kappa shape index (κ1) is 20.7. The molecule has 8 heteroatoms. The predicted molar refractivity (Wildman–Crippen MR) is 104 cm³/mol. The minimum atomic E-state index is -3.82. The highest BCUT2D eigenvalue weighted by atomic mass is 32.2. The molecular weight excluding hydrogens is 368 g/mol. The van der Waals surface area contributed by atoms with Crippen molar-refractivity contribution in [1.82, 2.24) is 4.31 Å². The summed E-state index contributed by atoms with van der Waals surface area (Å²) in [5.74, 6) is 0.656. The molecule has 0 heterocycles. The fourth-order valence-corrected chi connectivity index (χ4v) is 4.12. The molecule has 0 fully saturated rings. The van der Waals surface area contributed by atoms with Crippen molar-refractivity contribution >= 4 is 21.6 Å². The molecule has 0 saturated heterocycles. The summed E-state index contributed by atoms with van der Waals surface area (Å²) in [4.78, 5) is 12.5. The smallest absolute Gasteiger partial charge is 0.243 e. The van der Waals surface area contributed by atoms with Crippen LogP contribution in [0.15, 0.2) is 47.4 Å². The topological polar surface area (TPSA) is 84.9 Å². The normalized spacial score (nSPS) is 11.3. The number of nitrogens with one attached hydrogen (secondary N) is 1. The van der Waals surface area contributed by atoms with Crippen LogP contribution in [-0.2, 0) is 14.8 Å². The molecule has 0 aromatic heterocycles. The Labute approximate surface area is 160 Å². The fourth-order valence-electron chi connectivity index (χ4n) is 2.63. The highest BCUT2D eigenvalue weighted by molar-refractivity contribution is 7.89. The molecule has 1 amide bonds. The molecule has 2 aromatic carbocycles. The van der Waals surface area contributed by atoms with Crippen LogP contribution < -0.4 is 14.8 Å². The van der Waals surface area contributed by atoms with E-state index in [1.807, 2.05) is 0 Å². The van der Waals surface area contributed by atoms with Crippen LogP contribution in [-0.4, -0.2) is 45.9 Å². The van der Waals surface area contributed by atoms with Crippen molar-refractivity contribution in [1.29, 1.82) is 0 Å². The van der Waals surface area contributed by atoms with Gasteiger partial charge in [0.2, 0.25) is 15.9 Å². The molecule has 0 bridgehead atoms. The van der Waals surface area contributed by atoms with E-state index in [1.165, 1.54) is 26.4 Å². The highest BCUT2D eigenvalue weighted by Crippen LogP contribution is 2.25. The number of rotatable bonds is 8. The summed E-state index contributed by atoms with van der Waals surface area (Å²) >= 11 is 0. The van der Waals surface area contributed by atoms with Gasteiger partial charge in [0.25, 0.3) is 0 Å². The van der Waals surface area contributed by atoms with E-state index < -0.39 is 15.9 Å². The number of anilines is 1. The molecular formula is C19H24N2O5S. The summed E-state index contributed by atoms with van der Waals surface area (Å²) in [6.45, 7) is 3.31. The molecule has 0 radical (unpaired) electrons. The van der Waals surface area contributed by atoms with Crippen LogP contribution in [0.3, 0.4) is 0 Å². The second-order valence-electron chi connectivity index (χ2n) is 5.81. The molecule has 0 saturated carbocycles. The monoisotopic (exact) mass is 392 g/mol. The summed E-state index contributed by atoms with van der Waals surface area (Å²) < 4.78 is 37.3. The third-order valence-electron chi connectivity index (χ3n) is 4.06. The summed E-state index contributed by atoms with van der Waals surface area (Å²) in [5.41, 5.74) is 1.19. The van der Waals surface area contributed by atoms with Gasteiger partial charge in [0.15, 0.2) is 0 Å². The van der Waals surface area contributed by atoms with Crippen molar-refractivity contribution in [2.75, 3.05) is 32.6 Å². The fraction of sp³-hybridized carbons (Fsp3) is 0.316. The molecule has 2 rings (SSSR count). The molecule has 0 aliphatic heterocycles. The van der Waals surface area contributed by atoms with E-state index in [-0.39, 0.29) is 18.0 Å². The number of para-hydroxylation sites is 2. The van der Waals surface area contributed by atoms with Crippen LogP contribution in [0.25, 0.3) is 0 Å². The van der Waals surface area contributed by atoms with E-state index in [1.54, 1.807) is 44.2 Å². The van der Waals surface area contributed by atoms with Gasteiger partial charge in [-0.1, -0.05) is 19.1 Å². The molecule has 0 spiro atoms. The maximum absolute atomic E-state index is 12.9. The Balaban J connectivity index is 2.20. The SMILES string of the molecule is CCN(CC(=O)Nc1ccccc1OC)S(=O)(=O)c1ccc(OC)c(C)c1. The van der Waals surface area contributed by atoms with Crippen molar-refractivity contribution in [3.05, 3.63) is 48.0 Å². The number of hydrogen-bond donors (Lipinski definition) is 1. The van der Waals surface area contributed by atoms with E-state index in [2.05, 4.69) is 5.32 Å². The van der Waals surface area contributed by atoms with Gasteiger partial charge < -0.3 is 14.8 Å². The molecule has 0 aliphatic carbocycles. The summed E-state index contributed by atoms with van der Waals surface area (Å²) in [5, 5.41) is 2.69. The number of methoxy groups -OCH3 is 2. The summed E-state index contributed by atoms with van der Waals surface area (Å²) in [7, 11) is -0.791. The maximum atomic E-state index is 12.9. The second kappa shape index (κ2) is 8.88. The van der Waals surface area contributed by atoms with Crippen molar-refractivity contribution in [3.63, 3.8) is 0 Å². The van der Waals surface area contributed by atoms with Crippen molar-refractivity contribution in [3.8, 4) is 11.5 Å². The first-order valence-electron chi connectivity index (χ1n) is 8.41. The van der Waals surface area contributed by atoms with E-state index in [4.69, 9.17) is 9.47 Å². The first-order valence-corrected chi connectivity index (χ1v) is 9.85. The van der Waals surface area contributed by atoms with Gasteiger partial charge in [-0.15, -0.1) is 0 Å². The molecule has 146 valence electrons. The molecule has 2 aromatic rings. The highest BCUT2D eigenvalue weighted by Gasteiger charge is 2.26. The lowest BCUT2D eigenvalue weighted by molar-refractivity contribution is -0.116. The van der Waals surface area contributed by atoms with E-state index in [0.717, 1.165) is 4.31 Å². The number of ether oxygens (including phenoxy) is 2. The number of carbonyl (C=O) groups is 1. The lowest BCUT2D eigenvalue weighted by atomic mass is 10.2. The largest absolute Gasteiger partial charge is 0.496 e. The number of amides is 1. The number of carbonyl (C=O) groups excluding carboxylic acids is 1. The zero-order chi connectivity index (χ0) is 20.0. The minimum Gasteiger partial charge on any atom is -0.496 e. The van der Waals surface area contributed by atoms with E-state index >= 15 is 0 Å². The number of nitrogens with zero attached hydrogens (tertiary/aromatic N) is 1. The van der Waals surface area contributed by atoms with Crippen LogP contribution in [0, 0.1) is 6.92 Å². The molecule has 0 unspecified atom stereocenters. The Hall–Kier alpha value is -2.58. The van der Waals surface area contributed by atoms with Gasteiger partial charge in [-0.25, -0.2) is 8.42 Å². The molecule has 0 aliphatic rings. The van der Waals surface area contributed by atoms with Gasteiger partial charge in [-0.3, -0.25) is 4.79 Å². The average Bonchev–Trinajstić information content (AvgIpc) is 2.66. The average molecular weight is 392 g/mol. The number of aryl methyl sites for hydroxylation is 1. The van der Waals surface area contributed by atoms with Crippen LogP contribution >= 0.6 is 0 Å². The molecule has 1 N–H and O–H groups in total. The Bertz CT molecular complexity index is 912. The van der Waals surface area contributed by atoms with E-state index in [0.29, 0.717) is 22.7 Å². The molecule has 7 nitrogen and oxygen atoms in total. The van der Waals surface area contributed by atoms with Crippen molar-refractivity contribution < 1.29 is 22.7 Å². The quantitative estimate of drug-likeness (QED) is 0.747. The number of likely N-dealkylation sites (N-methyl/N-ethyl adjacent to an activating group) is 1. The van der Waals surface area contributed by atoms with Gasteiger partial charge >= 0.3 is 0 Å². The zero-order valence-corrected chi connectivity index (χ0v) is 16.7. The van der Waals surface area contributed by atoms with Crippen LogP contribution in [0.4, 0.5) is 5.69 Å². The third kappa shape index (κ3) is 4.78. The Kier molecular flexibility index (Phi) is 6.81. The van der Waals surface area contributed by atoms with Crippen molar-refractivity contribution in [2.45, 2.75) is 18.7 Å². The lowest BCUT2D eigenvalue weighted by Gasteiger charge is -2.21. The first-order chi connectivity index (χ1) is 12.8. The summed E-state index contributed by atoms with van der Waals surface area (Å²) in [6, 6.07) is 11.6. The van der Waals surface area contributed by atoms with Gasteiger partial charge in [0, 0.05) is 6.54 Å². The third-order valence-corrected chi connectivity index (χ3v) is 5.97. The van der Waals surface area contributed by atoms with Crippen molar-refractivity contribution in [2.24, 2.45) is 0 Å².